The summed E-state index contributed by atoms with van der Waals surface area (Å²) >= 11 is -2.33. The fraction of sp³-hybridized carbons (Fsp3) is 0.333. The number of furan rings is 1. The van der Waals surface area contributed by atoms with Crippen molar-refractivity contribution in [3.63, 3.8) is 0 Å². The van der Waals surface area contributed by atoms with Gasteiger partial charge in [0.2, 0.25) is 0 Å². The molecule has 0 N–H and O–H groups in total. The summed E-state index contributed by atoms with van der Waals surface area (Å²) in [5, 5.41) is 1.99. The second-order valence-corrected chi connectivity index (χ2v) is 19.3. The van der Waals surface area contributed by atoms with E-state index >= 15 is 0 Å². The van der Waals surface area contributed by atoms with Crippen LogP contribution in [-0.4, -0.2) is 23.2 Å². The number of nitrogens with zero attached hydrogens (tertiary/aromatic N) is 2. The summed E-state index contributed by atoms with van der Waals surface area (Å²) in [6.07, 6.45) is 0.487. The van der Waals surface area contributed by atoms with Gasteiger partial charge in [0.25, 0.3) is 0 Å². The summed E-state index contributed by atoms with van der Waals surface area (Å²) in [6.45, 7) is 5.83. The van der Waals surface area contributed by atoms with Crippen molar-refractivity contribution in [2.24, 2.45) is 5.92 Å². The first-order valence-electron chi connectivity index (χ1n) is 10.8. The van der Waals surface area contributed by atoms with Gasteiger partial charge in [-0.1, -0.05) is 0 Å². The number of pyridine rings is 2. The van der Waals surface area contributed by atoms with Gasteiger partial charge >= 0.3 is 172 Å². The molecular weight excluding hydrogens is 405 g/mol. The van der Waals surface area contributed by atoms with E-state index in [0.29, 0.717) is 5.71 Å². The van der Waals surface area contributed by atoms with Gasteiger partial charge in [-0.25, -0.2) is 0 Å². The van der Waals surface area contributed by atoms with Crippen LogP contribution in [0.4, 0.5) is 0 Å². The maximum absolute atomic E-state index is 8.81. The summed E-state index contributed by atoms with van der Waals surface area (Å²) in [7, 11) is 0. The van der Waals surface area contributed by atoms with Crippen molar-refractivity contribution >= 4 is 39.7 Å². The number of hydrogen-bond acceptors (Lipinski definition) is 3. The zero-order chi connectivity index (χ0) is 21.8. The van der Waals surface area contributed by atoms with E-state index in [-0.39, 0.29) is 5.92 Å². The van der Waals surface area contributed by atoms with Crippen LogP contribution in [0.15, 0.2) is 47.0 Å². The molecule has 3 heterocycles. The molecule has 3 nitrogen and oxygen atoms in total. The van der Waals surface area contributed by atoms with Crippen LogP contribution in [0, 0.1) is 12.8 Å². The van der Waals surface area contributed by atoms with Crippen molar-refractivity contribution in [2.75, 3.05) is 0 Å². The van der Waals surface area contributed by atoms with Crippen LogP contribution >= 0.6 is 0 Å². The molecule has 0 amide bonds. The molecule has 0 atom stereocenters. The molecule has 0 unspecified atom stereocenters. The maximum atomic E-state index is 8.81. The van der Waals surface area contributed by atoms with E-state index in [9.17, 15) is 0 Å². The van der Waals surface area contributed by atoms with E-state index in [2.05, 4.69) is 22.3 Å². The van der Waals surface area contributed by atoms with Crippen LogP contribution in [0.1, 0.15) is 27.8 Å². The Morgan fingerprint density at radius 3 is 2.61 bits per heavy atom. The monoisotopic (exact) mass is 436 g/mol. The van der Waals surface area contributed by atoms with Crippen LogP contribution in [0.5, 0.6) is 0 Å². The molecule has 144 valence electrons. The van der Waals surface area contributed by atoms with Crippen molar-refractivity contribution in [3.8, 4) is 11.3 Å². The third-order valence-corrected chi connectivity index (χ3v) is 9.16. The Kier molecular flexibility index (Phi) is 4.22. The zero-order valence-corrected chi connectivity index (χ0v) is 19.5. The van der Waals surface area contributed by atoms with E-state index in [4.69, 9.17) is 12.1 Å². The number of para-hydroxylation sites is 1. The van der Waals surface area contributed by atoms with Gasteiger partial charge in [-0.15, -0.1) is 0 Å². The van der Waals surface area contributed by atoms with Gasteiger partial charge in [0, 0.05) is 0 Å². The van der Waals surface area contributed by atoms with Crippen molar-refractivity contribution in [1.29, 1.82) is 0 Å². The number of benzene rings is 1. The van der Waals surface area contributed by atoms with Crippen LogP contribution in [0.25, 0.3) is 33.3 Å². The number of aryl methyl sites for hydroxylation is 1. The van der Waals surface area contributed by atoms with E-state index in [1.54, 1.807) is 0 Å². The van der Waals surface area contributed by atoms with E-state index in [0.717, 1.165) is 43.3 Å². The first-order valence-corrected chi connectivity index (χ1v) is 17.1. The van der Waals surface area contributed by atoms with Gasteiger partial charge in [0.05, 0.1) is 0 Å². The van der Waals surface area contributed by atoms with Crippen molar-refractivity contribution < 1.29 is 7.16 Å². The third kappa shape index (κ3) is 3.48. The van der Waals surface area contributed by atoms with Crippen LogP contribution in [0.3, 0.4) is 0 Å². The Balaban J connectivity index is 1.99. The van der Waals surface area contributed by atoms with Crippen molar-refractivity contribution in [1.82, 2.24) is 9.97 Å². The fourth-order valence-corrected chi connectivity index (χ4v) is 6.55. The quantitative estimate of drug-likeness (QED) is 0.364. The molecule has 0 spiro atoms. The third-order valence-electron chi connectivity index (χ3n) is 4.94. The van der Waals surface area contributed by atoms with Crippen molar-refractivity contribution in [2.45, 2.75) is 44.4 Å². The average molecular weight is 435 g/mol. The van der Waals surface area contributed by atoms with Gasteiger partial charge in [-0.05, 0) is 0 Å². The average Bonchev–Trinajstić information content (AvgIpc) is 3.04. The minimum absolute atomic E-state index is 0.134. The summed E-state index contributed by atoms with van der Waals surface area (Å²) in [5.74, 6) is 6.71. The van der Waals surface area contributed by atoms with E-state index < -0.39 is 19.6 Å². The predicted octanol–water partition coefficient (Wildman–Crippen LogP) is 6.10. The number of rotatable bonds is 4. The van der Waals surface area contributed by atoms with Gasteiger partial charge in [-0.3, -0.25) is 0 Å². The Hall–Kier alpha value is -2.14. The molecule has 0 aliphatic carbocycles. The Morgan fingerprint density at radius 1 is 1.11 bits per heavy atom. The predicted molar refractivity (Wildman–Crippen MR) is 121 cm³/mol. The van der Waals surface area contributed by atoms with Crippen LogP contribution < -0.4 is 4.40 Å². The van der Waals surface area contributed by atoms with Gasteiger partial charge in [-0.2, -0.15) is 0 Å². The minimum atomic E-state index is -2.33. The molecule has 0 fully saturated rings. The molecule has 4 heteroatoms. The Bertz CT molecular complexity index is 1260. The summed E-state index contributed by atoms with van der Waals surface area (Å²) < 4.78 is 24.9. The van der Waals surface area contributed by atoms with E-state index in [1.165, 1.54) is 0 Å². The molecule has 4 aromatic rings. The standard InChI is InChI=1S/C24H28GeN2O/c1-15(2)12-17-13-22(26-14-21(17)25(4,5)6)20-9-7-8-18-19-11-10-16(3)27-24(19)28-23(18)20/h7-11,13-15H,12H2,1-6H3/i12D2. The molecule has 28 heavy (non-hydrogen) atoms. The molecule has 0 radical (unpaired) electrons. The second kappa shape index (κ2) is 7.03. The van der Waals surface area contributed by atoms with Gasteiger partial charge in [0.15, 0.2) is 0 Å². The SMILES string of the molecule is [2H]C([2H])(c1cc(-c2cccc3c2oc2nc(C)ccc23)nc[c]1[Ge]([CH3])([CH3])[CH3])C(C)C. The molecule has 0 aliphatic rings. The molecule has 1 aromatic carbocycles. The normalized spacial score (nSPS) is 14.0. The van der Waals surface area contributed by atoms with Gasteiger partial charge < -0.3 is 0 Å². The number of fused-ring (bicyclic) bond motifs is 3. The van der Waals surface area contributed by atoms with Crippen LogP contribution in [-0.2, 0) is 6.37 Å². The number of aromatic nitrogens is 2. The molecular formula is C24H28GeN2O. The molecule has 0 saturated carbocycles. The molecule has 3 aromatic heterocycles. The number of hydrogen-bond donors (Lipinski definition) is 0. The molecule has 0 bridgehead atoms. The Labute approximate surface area is 172 Å². The van der Waals surface area contributed by atoms with Gasteiger partial charge in [0.1, 0.15) is 0 Å². The molecule has 4 rings (SSSR count). The topological polar surface area (TPSA) is 38.9 Å². The van der Waals surface area contributed by atoms with Crippen molar-refractivity contribution in [3.05, 3.63) is 53.9 Å². The first kappa shape index (κ1) is 16.8. The first-order chi connectivity index (χ1) is 14.0. The van der Waals surface area contributed by atoms with Crippen LogP contribution in [0.2, 0.25) is 17.3 Å². The molecule has 0 saturated heterocycles. The molecule has 0 aliphatic heterocycles. The second-order valence-electron chi connectivity index (χ2n) is 8.75. The fourth-order valence-electron chi connectivity index (χ4n) is 3.60. The van der Waals surface area contributed by atoms with E-state index in [1.807, 2.05) is 63.4 Å². The summed E-state index contributed by atoms with van der Waals surface area (Å²) in [6, 6.07) is 12.0. The summed E-state index contributed by atoms with van der Waals surface area (Å²) in [5.41, 5.74) is 4.67. The summed E-state index contributed by atoms with van der Waals surface area (Å²) in [4.78, 5) is 9.32. The zero-order valence-electron chi connectivity index (χ0n) is 19.4. The Morgan fingerprint density at radius 2 is 1.89 bits per heavy atom.